The molecule has 0 spiro atoms. The molecule has 83 valence electrons. The van der Waals surface area contributed by atoms with E-state index in [1.807, 2.05) is 0 Å². The van der Waals surface area contributed by atoms with Gasteiger partial charge in [0.15, 0.2) is 0 Å². The summed E-state index contributed by atoms with van der Waals surface area (Å²) in [6, 6.07) is 1.18. The van der Waals surface area contributed by atoms with Crippen molar-refractivity contribution in [2.24, 2.45) is 5.92 Å². The molecule has 1 radical (unpaired) electrons. The fraction of sp³-hybridized carbons (Fsp3) is 1.00. The van der Waals surface area contributed by atoms with E-state index in [2.05, 4.69) is 67.6 Å². The third-order valence-corrected chi connectivity index (χ3v) is 3.16. The lowest BCUT2D eigenvalue weighted by atomic mass is 9.55. The molecule has 0 aromatic carbocycles. The largest absolute Gasteiger partial charge is 0.342 e. The second-order valence-corrected chi connectivity index (χ2v) is 5.74. The SMILES string of the molecule is CC(C)N([B]C(C)(C)C(C)C)C(C)C. The van der Waals surface area contributed by atoms with E-state index in [9.17, 15) is 0 Å². The lowest BCUT2D eigenvalue weighted by molar-refractivity contribution is 0.291. The molecule has 0 fully saturated rings. The molecule has 0 amide bonds. The van der Waals surface area contributed by atoms with Crippen LogP contribution in [0.25, 0.3) is 0 Å². The maximum absolute atomic E-state index is 2.46. The van der Waals surface area contributed by atoms with Crippen LogP contribution in [0.3, 0.4) is 0 Å². The van der Waals surface area contributed by atoms with Gasteiger partial charge in [0.1, 0.15) is 0 Å². The molecule has 0 aromatic heterocycles. The van der Waals surface area contributed by atoms with Crippen LogP contribution < -0.4 is 0 Å². The van der Waals surface area contributed by atoms with Crippen molar-refractivity contribution in [3.8, 4) is 0 Å². The Morgan fingerprint density at radius 1 is 0.857 bits per heavy atom. The van der Waals surface area contributed by atoms with Crippen molar-refractivity contribution in [2.75, 3.05) is 0 Å². The fourth-order valence-corrected chi connectivity index (χ4v) is 1.43. The summed E-state index contributed by atoms with van der Waals surface area (Å²) >= 11 is 0. The van der Waals surface area contributed by atoms with Crippen LogP contribution in [0.4, 0.5) is 0 Å². The standard InChI is InChI=1S/C12H27BN/c1-9(2)12(7,8)13-14(10(3)4)11(5)6/h9-11H,1-8H3. The predicted molar refractivity (Wildman–Crippen MR) is 66.7 cm³/mol. The van der Waals surface area contributed by atoms with Crippen LogP contribution in [0, 0.1) is 5.92 Å². The van der Waals surface area contributed by atoms with E-state index in [4.69, 9.17) is 0 Å². The van der Waals surface area contributed by atoms with Gasteiger partial charge in [-0.3, -0.25) is 0 Å². The molecule has 0 aliphatic heterocycles. The molecule has 0 bridgehead atoms. The lowest BCUT2D eigenvalue weighted by Crippen LogP contribution is -2.45. The summed E-state index contributed by atoms with van der Waals surface area (Å²) in [4.78, 5) is 2.46. The zero-order valence-electron chi connectivity index (χ0n) is 11.3. The van der Waals surface area contributed by atoms with Gasteiger partial charge in [0.25, 0.3) is 0 Å². The first-order chi connectivity index (χ1) is 6.18. The summed E-state index contributed by atoms with van der Waals surface area (Å²) in [5.74, 6) is 0.683. The van der Waals surface area contributed by atoms with Gasteiger partial charge in [-0.1, -0.05) is 55.4 Å². The normalized spacial score (nSPS) is 13.4. The van der Waals surface area contributed by atoms with Crippen LogP contribution in [-0.2, 0) is 0 Å². The molecule has 0 atom stereocenters. The average molecular weight is 196 g/mol. The summed E-state index contributed by atoms with van der Waals surface area (Å²) in [6.45, 7) is 18.2. The summed E-state index contributed by atoms with van der Waals surface area (Å²) < 4.78 is 0. The summed E-state index contributed by atoms with van der Waals surface area (Å²) in [6.07, 6.45) is 0. The number of nitrogens with zero attached hydrogens (tertiary/aromatic N) is 1. The molecule has 0 rings (SSSR count). The third kappa shape index (κ3) is 4.04. The Labute approximate surface area is 91.5 Å². The molecule has 0 N–H and O–H groups in total. The van der Waals surface area contributed by atoms with Crippen molar-refractivity contribution in [3.63, 3.8) is 0 Å². The molecule has 0 aliphatic rings. The van der Waals surface area contributed by atoms with Crippen LogP contribution in [0.15, 0.2) is 0 Å². The van der Waals surface area contributed by atoms with Gasteiger partial charge in [0.2, 0.25) is 7.41 Å². The van der Waals surface area contributed by atoms with Crippen LogP contribution >= 0.6 is 0 Å². The van der Waals surface area contributed by atoms with Crippen LogP contribution in [0.5, 0.6) is 0 Å². The molecule has 0 saturated carbocycles. The van der Waals surface area contributed by atoms with Crippen LogP contribution in [-0.4, -0.2) is 24.3 Å². The highest BCUT2D eigenvalue weighted by molar-refractivity contribution is 6.36. The number of hydrogen-bond acceptors (Lipinski definition) is 1. The van der Waals surface area contributed by atoms with Crippen molar-refractivity contribution in [1.82, 2.24) is 4.81 Å². The third-order valence-electron chi connectivity index (χ3n) is 3.16. The highest BCUT2D eigenvalue weighted by atomic mass is 15.1. The first kappa shape index (κ1) is 14.0. The van der Waals surface area contributed by atoms with E-state index in [-0.39, 0.29) is 5.31 Å². The van der Waals surface area contributed by atoms with Crippen LogP contribution in [0.1, 0.15) is 55.4 Å². The zero-order valence-corrected chi connectivity index (χ0v) is 11.3. The van der Waals surface area contributed by atoms with Gasteiger partial charge in [-0.25, -0.2) is 0 Å². The topological polar surface area (TPSA) is 3.24 Å². The van der Waals surface area contributed by atoms with Gasteiger partial charge >= 0.3 is 0 Å². The molecule has 2 heteroatoms. The van der Waals surface area contributed by atoms with Gasteiger partial charge < -0.3 is 4.81 Å². The summed E-state index contributed by atoms with van der Waals surface area (Å²) in [5, 5.41) is 0.286. The van der Waals surface area contributed by atoms with Crippen molar-refractivity contribution >= 4 is 7.41 Å². The molecule has 1 nitrogen and oxygen atoms in total. The van der Waals surface area contributed by atoms with E-state index < -0.39 is 0 Å². The van der Waals surface area contributed by atoms with E-state index in [0.717, 1.165) is 0 Å². The Balaban J connectivity index is 4.44. The monoisotopic (exact) mass is 196 g/mol. The average Bonchev–Trinajstić information content (AvgIpc) is 1.98. The Hall–Kier alpha value is 0.0249. The maximum Gasteiger partial charge on any atom is 0.215 e. The van der Waals surface area contributed by atoms with Gasteiger partial charge in [-0.2, -0.15) is 0 Å². The minimum absolute atomic E-state index is 0.286. The molecule has 0 unspecified atom stereocenters. The Bertz CT molecular complexity index is 154. The lowest BCUT2D eigenvalue weighted by Gasteiger charge is -2.39. The van der Waals surface area contributed by atoms with Crippen molar-refractivity contribution in [3.05, 3.63) is 0 Å². The maximum atomic E-state index is 2.46. The van der Waals surface area contributed by atoms with Crippen molar-refractivity contribution in [2.45, 2.75) is 72.8 Å². The minimum Gasteiger partial charge on any atom is -0.342 e. The number of hydrogen-bond donors (Lipinski definition) is 0. The van der Waals surface area contributed by atoms with Crippen LogP contribution in [0.2, 0.25) is 5.31 Å². The van der Waals surface area contributed by atoms with Crippen molar-refractivity contribution in [1.29, 1.82) is 0 Å². The molecular formula is C12H27BN. The summed E-state index contributed by atoms with van der Waals surface area (Å²) in [7, 11) is 2.41. The van der Waals surface area contributed by atoms with Gasteiger partial charge in [-0.05, 0) is 23.3 Å². The first-order valence-electron chi connectivity index (χ1n) is 5.82. The highest BCUT2D eigenvalue weighted by Gasteiger charge is 2.29. The Morgan fingerprint density at radius 3 is 1.43 bits per heavy atom. The van der Waals surface area contributed by atoms with E-state index in [1.54, 1.807) is 0 Å². The van der Waals surface area contributed by atoms with Crippen molar-refractivity contribution < 1.29 is 0 Å². The smallest absolute Gasteiger partial charge is 0.215 e. The molecular weight excluding hydrogens is 169 g/mol. The molecule has 0 heterocycles. The predicted octanol–water partition coefficient (Wildman–Crippen LogP) is 3.58. The summed E-state index contributed by atoms with van der Waals surface area (Å²) in [5.41, 5.74) is 0. The minimum atomic E-state index is 0.286. The van der Waals surface area contributed by atoms with Gasteiger partial charge in [-0.15, -0.1) is 0 Å². The first-order valence-corrected chi connectivity index (χ1v) is 5.82. The molecule has 0 saturated heterocycles. The fourth-order valence-electron chi connectivity index (χ4n) is 1.43. The Kier molecular flexibility index (Phi) is 5.21. The molecule has 14 heavy (non-hydrogen) atoms. The molecule has 0 aliphatic carbocycles. The van der Waals surface area contributed by atoms with E-state index in [0.29, 0.717) is 18.0 Å². The number of rotatable bonds is 5. The van der Waals surface area contributed by atoms with E-state index >= 15 is 0 Å². The second kappa shape index (κ2) is 5.20. The van der Waals surface area contributed by atoms with Gasteiger partial charge in [0.05, 0.1) is 0 Å². The quantitative estimate of drug-likeness (QED) is 0.607. The van der Waals surface area contributed by atoms with E-state index in [1.165, 1.54) is 0 Å². The second-order valence-electron chi connectivity index (χ2n) is 5.74. The molecule has 0 aromatic rings. The highest BCUT2D eigenvalue weighted by Crippen LogP contribution is 2.34. The Morgan fingerprint density at radius 2 is 1.21 bits per heavy atom. The zero-order chi connectivity index (χ0) is 11.5. The van der Waals surface area contributed by atoms with Gasteiger partial charge in [0, 0.05) is 0 Å².